The summed E-state index contributed by atoms with van der Waals surface area (Å²) in [5, 5.41) is 10.3. The fourth-order valence-electron chi connectivity index (χ4n) is 4.51. The molecule has 3 aliphatic rings. The van der Waals surface area contributed by atoms with Crippen molar-refractivity contribution in [2.24, 2.45) is 4.99 Å². The summed E-state index contributed by atoms with van der Waals surface area (Å²) in [6.45, 7) is 11.8. The molecule has 0 spiro atoms. The number of rotatable bonds is 6. The molecule has 208 valence electrons. The van der Waals surface area contributed by atoms with E-state index in [1.54, 1.807) is 11.8 Å². The number of hydrogen-bond acceptors (Lipinski definition) is 8. The Labute approximate surface area is 263 Å². The number of fused-ring (bicyclic) bond motifs is 2. The molecule has 2 N–H and O–H groups in total. The third-order valence-electron chi connectivity index (χ3n) is 6.44. The number of nitrogens with zero attached hydrogens (tertiary/aromatic N) is 4. The van der Waals surface area contributed by atoms with Crippen LogP contribution >= 0.6 is 11.8 Å². The molecule has 1 fully saturated rings. The number of amides is 3. The molecule has 0 atom stereocenters. The van der Waals surface area contributed by atoms with Gasteiger partial charge in [0.05, 0.1) is 5.69 Å². The second-order valence-corrected chi connectivity index (χ2v) is 10.2. The molecular formula is C29H33N5O4SU. The van der Waals surface area contributed by atoms with Crippen molar-refractivity contribution in [3.05, 3.63) is 79.6 Å². The molecule has 0 bridgehead atoms. The van der Waals surface area contributed by atoms with Crippen molar-refractivity contribution in [3.63, 3.8) is 0 Å². The summed E-state index contributed by atoms with van der Waals surface area (Å²) in [5.74, 6) is -0.329. The molecule has 0 unspecified atom stereocenters. The SMILES string of the molecule is [CH2-]CCN1CCN(C2=Nc3ccccc3Sc3cc(CNC(=O)CN4C(=O)C=CC4=O)ccc32)CC1.[CH2-]CO.[U+2]. The molecule has 0 radical (unpaired) electrons. The second-order valence-electron chi connectivity index (χ2n) is 9.11. The number of benzene rings is 2. The van der Waals surface area contributed by atoms with E-state index in [0.29, 0.717) is 6.54 Å². The largest absolute Gasteiger partial charge is 2.00 e. The van der Waals surface area contributed by atoms with Crippen molar-refractivity contribution in [2.75, 3.05) is 45.9 Å². The van der Waals surface area contributed by atoms with E-state index in [4.69, 9.17) is 10.1 Å². The molecule has 5 rings (SSSR count). The van der Waals surface area contributed by atoms with Gasteiger partial charge in [0.25, 0.3) is 11.8 Å². The van der Waals surface area contributed by atoms with Gasteiger partial charge >= 0.3 is 31.1 Å². The van der Waals surface area contributed by atoms with Crippen LogP contribution in [0.15, 0.2) is 69.4 Å². The minimum absolute atomic E-state index is 0. The summed E-state index contributed by atoms with van der Waals surface area (Å²) in [4.78, 5) is 48.8. The van der Waals surface area contributed by atoms with E-state index in [9.17, 15) is 14.4 Å². The maximum absolute atomic E-state index is 12.4. The minimum atomic E-state index is -0.464. The number of aliphatic hydroxyl groups excluding tert-OH is 1. The van der Waals surface area contributed by atoms with Crippen molar-refractivity contribution >= 4 is 41.0 Å². The normalized spacial score (nSPS) is 16.2. The average molecular weight is 786 g/mol. The van der Waals surface area contributed by atoms with E-state index in [2.05, 4.69) is 47.2 Å². The Morgan fingerprint density at radius 1 is 1.00 bits per heavy atom. The van der Waals surface area contributed by atoms with Crippen LogP contribution in [0.1, 0.15) is 17.5 Å². The number of piperazine rings is 1. The quantitative estimate of drug-likeness (QED) is 0.343. The maximum atomic E-state index is 12.4. The molecule has 3 amide bonds. The van der Waals surface area contributed by atoms with Gasteiger partial charge in [0, 0.05) is 60.2 Å². The summed E-state index contributed by atoms with van der Waals surface area (Å²) in [7, 11) is 0. The van der Waals surface area contributed by atoms with Gasteiger partial charge in [-0.2, -0.15) is 6.42 Å². The number of amidine groups is 1. The molecule has 0 aromatic heterocycles. The molecule has 2 aromatic carbocycles. The van der Waals surface area contributed by atoms with Crippen molar-refractivity contribution in [3.8, 4) is 0 Å². The zero-order chi connectivity index (χ0) is 27.8. The van der Waals surface area contributed by atoms with Gasteiger partial charge in [0.1, 0.15) is 12.4 Å². The third kappa shape index (κ3) is 8.08. The average Bonchev–Trinajstić information content (AvgIpc) is 3.15. The predicted molar refractivity (Wildman–Crippen MR) is 151 cm³/mol. The smallest absolute Gasteiger partial charge is 0.428 e. The number of aliphatic hydroxyl groups is 1. The van der Waals surface area contributed by atoms with Gasteiger partial charge < -0.3 is 34.1 Å². The number of imide groups is 1. The van der Waals surface area contributed by atoms with Gasteiger partial charge in [-0.15, -0.1) is 0 Å². The van der Waals surface area contributed by atoms with Crippen molar-refractivity contribution in [2.45, 2.75) is 22.8 Å². The first-order valence-corrected chi connectivity index (χ1v) is 13.7. The van der Waals surface area contributed by atoms with Crippen LogP contribution in [-0.2, 0) is 20.9 Å². The van der Waals surface area contributed by atoms with Crippen LogP contribution < -0.4 is 5.32 Å². The Kier molecular flexibility index (Phi) is 12.5. The first-order chi connectivity index (χ1) is 18.9. The monoisotopic (exact) mass is 785 g/mol. The first-order valence-electron chi connectivity index (χ1n) is 12.9. The van der Waals surface area contributed by atoms with E-state index in [1.165, 1.54) is 12.2 Å². The zero-order valence-corrected chi connectivity index (χ0v) is 27.3. The fourth-order valence-corrected chi connectivity index (χ4v) is 5.59. The first kappa shape index (κ1) is 32.1. The third-order valence-corrected chi connectivity index (χ3v) is 7.56. The maximum Gasteiger partial charge on any atom is 2.00 e. The van der Waals surface area contributed by atoms with E-state index >= 15 is 0 Å². The summed E-state index contributed by atoms with van der Waals surface area (Å²) < 4.78 is 0. The Morgan fingerprint density at radius 3 is 2.35 bits per heavy atom. The van der Waals surface area contributed by atoms with Crippen LogP contribution in [0, 0.1) is 45.0 Å². The van der Waals surface area contributed by atoms with E-state index in [0.717, 1.165) is 76.5 Å². The molecule has 3 aliphatic heterocycles. The van der Waals surface area contributed by atoms with Crippen LogP contribution in [0.2, 0.25) is 0 Å². The van der Waals surface area contributed by atoms with E-state index in [1.807, 2.05) is 24.3 Å². The summed E-state index contributed by atoms with van der Waals surface area (Å²) in [5.41, 5.74) is 2.97. The van der Waals surface area contributed by atoms with Crippen molar-refractivity contribution in [1.82, 2.24) is 20.0 Å². The summed E-state index contributed by atoms with van der Waals surface area (Å²) in [6.07, 6.45) is 3.27. The predicted octanol–water partition coefficient (Wildman–Crippen LogP) is 2.43. The second kappa shape index (κ2) is 15.5. The Bertz CT molecular complexity index is 1260. The standard InChI is InChI=1S/C27H28N5O3S.C2H5O.U/c1-2-11-30-12-14-31(15-13-30)27-20-8-7-19(16-23(20)36-22-6-4-3-5-21(22)29-27)17-28-24(33)18-32-25(34)9-10-26(32)35;1-2-3;/h3-10,16H,1-2,11-15,17-18H2,(H,28,33);3H,1-2H2;/q2*-1;+2. The molecule has 11 heteroatoms. The number of hydrogen-bond donors (Lipinski definition) is 2. The van der Waals surface area contributed by atoms with Crippen LogP contribution in [0.25, 0.3) is 0 Å². The van der Waals surface area contributed by atoms with Gasteiger partial charge in [-0.3, -0.25) is 19.3 Å². The van der Waals surface area contributed by atoms with Gasteiger partial charge in [0.15, 0.2) is 0 Å². The van der Waals surface area contributed by atoms with Crippen LogP contribution in [0.4, 0.5) is 5.69 Å². The topological polar surface area (TPSA) is 106 Å². The van der Waals surface area contributed by atoms with Gasteiger partial charge in [-0.25, -0.2) is 4.99 Å². The Morgan fingerprint density at radius 2 is 1.68 bits per heavy atom. The molecule has 2 aromatic rings. The van der Waals surface area contributed by atoms with Crippen LogP contribution in [0.3, 0.4) is 0 Å². The molecule has 0 aliphatic carbocycles. The molecule has 40 heavy (non-hydrogen) atoms. The molecule has 0 saturated carbocycles. The number of carbonyl (C=O) groups excluding carboxylic acids is 3. The molecule has 9 nitrogen and oxygen atoms in total. The molecule has 1 saturated heterocycles. The van der Waals surface area contributed by atoms with E-state index < -0.39 is 11.8 Å². The van der Waals surface area contributed by atoms with Gasteiger partial charge in [-0.1, -0.05) is 36.6 Å². The number of para-hydroxylation sites is 1. The van der Waals surface area contributed by atoms with Crippen molar-refractivity contribution in [1.29, 1.82) is 0 Å². The van der Waals surface area contributed by atoms with Crippen molar-refractivity contribution < 1.29 is 50.6 Å². The summed E-state index contributed by atoms with van der Waals surface area (Å²) in [6, 6.07) is 14.3. The molecular weight excluding hydrogens is 752 g/mol. The van der Waals surface area contributed by atoms with Gasteiger partial charge in [-0.05, 0) is 36.4 Å². The number of aliphatic imine (C=N–C) groups is 1. The molecule has 3 heterocycles. The van der Waals surface area contributed by atoms with E-state index in [-0.39, 0.29) is 50.2 Å². The van der Waals surface area contributed by atoms with Crippen LogP contribution in [-0.4, -0.2) is 89.2 Å². The minimum Gasteiger partial charge on any atom is -0.428 e. The number of nitrogens with one attached hydrogen (secondary N) is 1. The fraction of sp³-hybridized carbons (Fsp3) is 0.310. The van der Waals surface area contributed by atoms with Crippen LogP contribution in [0.5, 0.6) is 0 Å². The van der Waals surface area contributed by atoms with Gasteiger partial charge in [0.2, 0.25) is 5.91 Å². The zero-order valence-electron chi connectivity index (χ0n) is 22.3. The summed E-state index contributed by atoms with van der Waals surface area (Å²) >= 11 is 1.68. The Balaban J connectivity index is 0.00000106. The Hall–Kier alpha value is -2.42. The number of carbonyl (C=O) groups is 3.